The summed E-state index contributed by atoms with van der Waals surface area (Å²) >= 11 is 0. The topological polar surface area (TPSA) is 61.4 Å². The number of urea groups is 1. The molecule has 2 rings (SSSR count). The molecule has 0 saturated carbocycles. The molecule has 120 valence electrons. The second-order valence-corrected chi connectivity index (χ2v) is 5.19. The van der Waals surface area contributed by atoms with E-state index < -0.39 is 17.8 Å². The van der Waals surface area contributed by atoms with Crippen LogP contribution in [0.2, 0.25) is 0 Å². The van der Waals surface area contributed by atoms with E-state index in [1.807, 2.05) is 12.2 Å². The van der Waals surface area contributed by atoms with Crippen molar-refractivity contribution in [1.82, 2.24) is 10.6 Å². The molecule has 1 aliphatic carbocycles. The van der Waals surface area contributed by atoms with Gasteiger partial charge < -0.3 is 15.7 Å². The molecular weight excluding hydrogens is 297 g/mol. The van der Waals surface area contributed by atoms with Crippen molar-refractivity contribution in [2.75, 3.05) is 6.61 Å². The minimum Gasteiger partial charge on any atom is -0.396 e. The quantitative estimate of drug-likeness (QED) is 0.748. The van der Waals surface area contributed by atoms with Crippen molar-refractivity contribution in [3.63, 3.8) is 0 Å². The van der Waals surface area contributed by atoms with Crippen molar-refractivity contribution in [3.8, 4) is 0 Å². The van der Waals surface area contributed by atoms with Crippen LogP contribution in [0.15, 0.2) is 36.4 Å². The highest BCUT2D eigenvalue weighted by Crippen LogP contribution is 2.29. The number of aliphatic hydroxyl groups is 1. The van der Waals surface area contributed by atoms with E-state index in [0.717, 1.165) is 12.1 Å². The maximum absolute atomic E-state index is 12.4. The highest BCUT2D eigenvalue weighted by atomic mass is 19.4. The Hall–Kier alpha value is -2.02. The Bertz CT molecular complexity index is 541. The summed E-state index contributed by atoms with van der Waals surface area (Å²) in [4.78, 5) is 11.7. The minimum absolute atomic E-state index is 0.0435. The normalized spacial score (nSPS) is 20.9. The molecule has 0 fully saturated rings. The van der Waals surface area contributed by atoms with Crippen molar-refractivity contribution in [3.05, 3.63) is 47.5 Å². The van der Waals surface area contributed by atoms with Crippen LogP contribution < -0.4 is 10.6 Å². The van der Waals surface area contributed by atoms with Gasteiger partial charge in [0.15, 0.2) is 0 Å². The summed E-state index contributed by atoms with van der Waals surface area (Å²) in [6.07, 6.45) is -0.0506. The lowest BCUT2D eigenvalue weighted by atomic mass is 10.1. The van der Waals surface area contributed by atoms with Gasteiger partial charge in [-0.05, 0) is 24.1 Å². The van der Waals surface area contributed by atoms with E-state index in [0.29, 0.717) is 12.0 Å². The zero-order chi connectivity index (χ0) is 16.2. The van der Waals surface area contributed by atoms with Gasteiger partial charge in [0.2, 0.25) is 0 Å². The first-order valence-corrected chi connectivity index (χ1v) is 6.88. The number of aliphatic hydroxyl groups excluding tert-OH is 1. The smallest absolute Gasteiger partial charge is 0.396 e. The van der Waals surface area contributed by atoms with Gasteiger partial charge in [-0.3, -0.25) is 0 Å². The van der Waals surface area contributed by atoms with Crippen molar-refractivity contribution in [2.24, 2.45) is 5.92 Å². The third-order valence-corrected chi connectivity index (χ3v) is 3.46. The Balaban J connectivity index is 1.78. The van der Waals surface area contributed by atoms with Gasteiger partial charge in [-0.1, -0.05) is 24.3 Å². The maximum Gasteiger partial charge on any atom is 0.416 e. The zero-order valence-electron chi connectivity index (χ0n) is 11.7. The monoisotopic (exact) mass is 314 g/mol. The molecule has 0 aromatic heterocycles. The van der Waals surface area contributed by atoms with E-state index in [2.05, 4.69) is 10.6 Å². The summed E-state index contributed by atoms with van der Waals surface area (Å²) in [5.41, 5.74) is -0.134. The van der Waals surface area contributed by atoms with Crippen LogP contribution in [0.5, 0.6) is 0 Å². The molecule has 3 N–H and O–H groups in total. The summed E-state index contributed by atoms with van der Waals surface area (Å²) in [7, 11) is 0. The third kappa shape index (κ3) is 4.49. The average molecular weight is 314 g/mol. The van der Waals surface area contributed by atoms with Crippen LogP contribution in [0.25, 0.3) is 0 Å². The van der Waals surface area contributed by atoms with Crippen LogP contribution >= 0.6 is 0 Å². The van der Waals surface area contributed by atoms with Gasteiger partial charge in [0.1, 0.15) is 0 Å². The van der Waals surface area contributed by atoms with Crippen molar-refractivity contribution >= 4 is 6.03 Å². The van der Waals surface area contributed by atoms with Gasteiger partial charge in [0.05, 0.1) is 5.56 Å². The minimum atomic E-state index is -4.36. The summed E-state index contributed by atoms with van der Waals surface area (Å²) in [6, 6.07) is 4.11. The average Bonchev–Trinajstić information content (AvgIpc) is 2.92. The van der Waals surface area contributed by atoms with Crippen molar-refractivity contribution in [1.29, 1.82) is 0 Å². The van der Waals surface area contributed by atoms with Crippen molar-refractivity contribution in [2.45, 2.75) is 25.2 Å². The molecule has 0 saturated heterocycles. The molecule has 0 spiro atoms. The number of benzene rings is 1. The third-order valence-electron chi connectivity index (χ3n) is 3.46. The van der Waals surface area contributed by atoms with Crippen molar-refractivity contribution < 1.29 is 23.1 Å². The lowest BCUT2D eigenvalue weighted by Gasteiger charge is -2.14. The predicted octanol–water partition coefficient (Wildman–Crippen LogP) is 2.44. The number of carbonyl (C=O) groups is 1. The van der Waals surface area contributed by atoms with E-state index in [1.165, 1.54) is 12.1 Å². The van der Waals surface area contributed by atoms with E-state index in [9.17, 15) is 18.0 Å². The highest BCUT2D eigenvalue weighted by molar-refractivity contribution is 5.74. The number of hydrogen-bond acceptors (Lipinski definition) is 2. The van der Waals surface area contributed by atoms with Gasteiger partial charge in [-0.2, -0.15) is 13.2 Å². The lowest BCUT2D eigenvalue weighted by molar-refractivity contribution is -0.137. The van der Waals surface area contributed by atoms with Crippen LogP contribution in [0.3, 0.4) is 0 Å². The standard InChI is InChI=1S/C15H17F3N2O2/c16-15(17,18)12-4-1-10(2-5-12)8-19-14(22)20-13-6-3-11(7-13)9-21/h1-6,11,13,21H,7-9H2,(H2,19,20,22)/t11-,13+/m0/s1. The summed E-state index contributed by atoms with van der Waals surface area (Å²) in [6.45, 7) is 0.186. The Morgan fingerprint density at radius 2 is 1.91 bits per heavy atom. The molecular formula is C15H17F3N2O2. The van der Waals surface area contributed by atoms with E-state index in [-0.39, 0.29) is 25.1 Å². The van der Waals surface area contributed by atoms with E-state index in [1.54, 1.807) is 0 Å². The highest BCUT2D eigenvalue weighted by Gasteiger charge is 2.29. The lowest BCUT2D eigenvalue weighted by Crippen LogP contribution is -2.40. The molecule has 0 aliphatic heterocycles. The van der Waals surface area contributed by atoms with Gasteiger partial charge in [0, 0.05) is 25.1 Å². The molecule has 1 aromatic rings. The van der Waals surface area contributed by atoms with E-state index in [4.69, 9.17) is 5.11 Å². The van der Waals surface area contributed by atoms with Crippen LogP contribution in [0, 0.1) is 5.92 Å². The second-order valence-electron chi connectivity index (χ2n) is 5.19. The maximum atomic E-state index is 12.4. The molecule has 0 heterocycles. The Morgan fingerprint density at radius 3 is 2.45 bits per heavy atom. The molecule has 2 amide bonds. The van der Waals surface area contributed by atoms with Crippen LogP contribution in [0.1, 0.15) is 17.5 Å². The van der Waals surface area contributed by atoms with Crippen LogP contribution in [0.4, 0.5) is 18.0 Å². The number of rotatable bonds is 4. The molecule has 1 aromatic carbocycles. The second kappa shape index (κ2) is 6.83. The SMILES string of the molecule is O=C(NCc1ccc(C(F)(F)F)cc1)N[C@@H]1C=C[C@H](CO)C1. The van der Waals surface area contributed by atoms with Gasteiger partial charge in [0.25, 0.3) is 0 Å². The molecule has 7 heteroatoms. The summed E-state index contributed by atoms with van der Waals surface area (Å²) in [5, 5.41) is 14.3. The zero-order valence-corrected chi connectivity index (χ0v) is 11.7. The number of halogens is 3. The summed E-state index contributed by atoms with van der Waals surface area (Å²) < 4.78 is 37.3. The number of amides is 2. The Kier molecular flexibility index (Phi) is 5.07. The number of nitrogens with one attached hydrogen (secondary N) is 2. The fourth-order valence-electron chi connectivity index (χ4n) is 2.23. The molecule has 4 nitrogen and oxygen atoms in total. The van der Waals surface area contributed by atoms with Gasteiger partial charge in [-0.15, -0.1) is 0 Å². The molecule has 0 unspecified atom stereocenters. The predicted molar refractivity (Wildman–Crippen MR) is 74.9 cm³/mol. The van der Waals surface area contributed by atoms with E-state index >= 15 is 0 Å². The molecule has 22 heavy (non-hydrogen) atoms. The largest absolute Gasteiger partial charge is 0.416 e. The number of hydrogen-bond donors (Lipinski definition) is 3. The molecule has 1 aliphatic rings. The first kappa shape index (κ1) is 16.4. The van der Waals surface area contributed by atoms with Gasteiger partial charge in [-0.25, -0.2) is 4.79 Å². The molecule has 2 atom stereocenters. The Labute approximate surface area is 126 Å². The van der Waals surface area contributed by atoms with Gasteiger partial charge >= 0.3 is 12.2 Å². The summed E-state index contributed by atoms with van der Waals surface area (Å²) in [5.74, 6) is 0.0558. The number of alkyl halides is 3. The molecule has 0 radical (unpaired) electrons. The Morgan fingerprint density at radius 1 is 1.23 bits per heavy atom. The van der Waals surface area contributed by atoms with Crippen LogP contribution in [-0.4, -0.2) is 23.8 Å². The first-order valence-electron chi connectivity index (χ1n) is 6.88. The first-order chi connectivity index (χ1) is 10.4. The fourth-order valence-corrected chi connectivity index (χ4v) is 2.23. The fraction of sp³-hybridized carbons (Fsp3) is 0.400. The number of carbonyl (C=O) groups excluding carboxylic acids is 1. The van der Waals surface area contributed by atoms with Crippen LogP contribution in [-0.2, 0) is 12.7 Å². The molecule has 0 bridgehead atoms.